The van der Waals surface area contributed by atoms with Crippen LogP contribution in [0.1, 0.15) is 11.1 Å². The highest BCUT2D eigenvalue weighted by Crippen LogP contribution is 2.34. The summed E-state index contributed by atoms with van der Waals surface area (Å²) in [5.41, 5.74) is -0.305. The largest absolute Gasteiger partial charge is 0.416 e. The van der Waals surface area contributed by atoms with Gasteiger partial charge in [-0.05, 0) is 24.7 Å². The van der Waals surface area contributed by atoms with Crippen molar-refractivity contribution in [2.45, 2.75) is 17.6 Å². The lowest BCUT2D eigenvalue weighted by Gasteiger charge is -2.14. The van der Waals surface area contributed by atoms with Crippen LogP contribution in [-0.4, -0.2) is 26.5 Å². The quantitative estimate of drug-likeness (QED) is 0.638. The van der Waals surface area contributed by atoms with Crippen molar-refractivity contribution in [1.82, 2.24) is 5.32 Å². The van der Waals surface area contributed by atoms with Crippen molar-refractivity contribution >= 4 is 11.8 Å². The zero-order valence-corrected chi connectivity index (χ0v) is 11.1. The van der Waals surface area contributed by atoms with Gasteiger partial charge in [0, 0.05) is 24.3 Å². The van der Waals surface area contributed by atoms with Gasteiger partial charge in [-0.1, -0.05) is 6.07 Å². The van der Waals surface area contributed by atoms with E-state index >= 15 is 0 Å². The lowest BCUT2D eigenvalue weighted by atomic mass is 10.1. The van der Waals surface area contributed by atoms with E-state index in [0.717, 1.165) is 0 Å². The van der Waals surface area contributed by atoms with E-state index in [1.54, 1.807) is 20.2 Å². The van der Waals surface area contributed by atoms with Gasteiger partial charge in [0.2, 0.25) is 0 Å². The Bertz CT molecular complexity index is 382. The molecule has 0 heterocycles. The van der Waals surface area contributed by atoms with Gasteiger partial charge in [0.15, 0.2) is 0 Å². The first-order valence-electron chi connectivity index (χ1n) is 5.45. The molecule has 0 aromatic heterocycles. The molecule has 102 valence electrons. The van der Waals surface area contributed by atoms with Crippen molar-refractivity contribution in [2.75, 3.05) is 26.5 Å². The fourth-order valence-electron chi connectivity index (χ4n) is 1.50. The molecule has 0 spiro atoms. The Morgan fingerprint density at radius 1 is 1.33 bits per heavy atom. The van der Waals surface area contributed by atoms with Crippen LogP contribution in [-0.2, 0) is 17.5 Å². The van der Waals surface area contributed by atoms with E-state index in [2.05, 4.69) is 5.32 Å². The number of ether oxygens (including phenoxy) is 1. The summed E-state index contributed by atoms with van der Waals surface area (Å²) in [6.07, 6.45) is -4.32. The molecular weight excluding hydrogens is 263 g/mol. The second kappa shape index (κ2) is 7.01. The van der Waals surface area contributed by atoms with Crippen LogP contribution in [0.15, 0.2) is 23.1 Å². The maximum Gasteiger partial charge on any atom is 0.416 e. The molecule has 0 aliphatic carbocycles. The van der Waals surface area contributed by atoms with Crippen LogP contribution in [0.5, 0.6) is 0 Å². The Morgan fingerprint density at radius 3 is 2.61 bits per heavy atom. The molecule has 1 N–H and O–H groups in total. The first kappa shape index (κ1) is 15.3. The van der Waals surface area contributed by atoms with Crippen molar-refractivity contribution in [3.63, 3.8) is 0 Å². The Kier molecular flexibility index (Phi) is 5.98. The molecule has 0 aliphatic rings. The van der Waals surface area contributed by atoms with Gasteiger partial charge >= 0.3 is 6.18 Å². The van der Waals surface area contributed by atoms with E-state index in [9.17, 15) is 13.2 Å². The summed E-state index contributed by atoms with van der Waals surface area (Å²) in [4.78, 5) is 0.610. The minimum atomic E-state index is -4.32. The predicted molar refractivity (Wildman–Crippen MR) is 66.8 cm³/mol. The fraction of sp³-hybridized carbons (Fsp3) is 0.500. The zero-order chi connectivity index (χ0) is 13.6. The molecule has 0 radical (unpaired) electrons. The van der Waals surface area contributed by atoms with Gasteiger partial charge in [0.1, 0.15) is 0 Å². The van der Waals surface area contributed by atoms with Gasteiger partial charge < -0.3 is 10.1 Å². The maximum absolute atomic E-state index is 12.9. The molecule has 2 nitrogen and oxygen atoms in total. The van der Waals surface area contributed by atoms with Crippen LogP contribution < -0.4 is 5.32 Å². The summed E-state index contributed by atoms with van der Waals surface area (Å²) in [5, 5.41) is 2.74. The number of thioether (sulfide) groups is 1. The normalized spacial score (nSPS) is 11.8. The summed E-state index contributed by atoms with van der Waals surface area (Å²) in [6.45, 7) is 0.724. The molecular formula is C12H16F3NOS. The average Bonchev–Trinajstić information content (AvgIpc) is 2.30. The zero-order valence-electron chi connectivity index (χ0n) is 10.3. The SMILES string of the molecule is CNCc1ccc(SCCOC)cc1C(F)(F)F. The Labute approximate surface area is 109 Å². The van der Waals surface area contributed by atoms with E-state index in [0.29, 0.717) is 17.3 Å². The van der Waals surface area contributed by atoms with Crippen molar-refractivity contribution in [2.24, 2.45) is 0 Å². The number of hydrogen-bond acceptors (Lipinski definition) is 3. The van der Waals surface area contributed by atoms with Crippen molar-refractivity contribution < 1.29 is 17.9 Å². The number of methoxy groups -OCH3 is 1. The first-order valence-corrected chi connectivity index (χ1v) is 6.44. The van der Waals surface area contributed by atoms with E-state index < -0.39 is 11.7 Å². The van der Waals surface area contributed by atoms with Gasteiger partial charge in [0.25, 0.3) is 0 Å². The molecule has 1 rings (SSSR count). The molecule has 0 saturated carbocycles. The van der Waals surface area contributed by atoms with Crippen LogP contribution in [0.3, 0.4) is 0 Å². The van der Waals surface area contributed by atoms with Crippen molar-refractivity contribution in [3.05, 3.63) is 29.3 Å². The Hall–Kier alpha value is -0.720. The molecule has 18 heavy (non-hydrogen) atoms. The summed E-state index contributed by atoms with van der Waals surface area (Å²) in [6, 6.07) is 4.43. The average molecular weight is 279 g/mol. The van der Waals surface area contributed by atoms with E-state index in [1.165, 1.54) is 23.9 Å². The highest BCUT2D eigenvalue weighted by atomic mass is 32.2. The summed E-state index contributed by atoms with van der Waals surface area (Å²) in [7, 11) is 3.19. The van der Waals surface area contributed by atoms with Crippen LogP contribution >= 0.6 is 11.8 Å². The minimum Gasteiger partial charge on any atom is -0.384 e. The molecule has 1 aromatic carbocycles. The molecule has 0 fully saturated rings. The third kappa shape index (κ3) is 4.51. The highest BCUT2D eigenvalue weighted by Gasteiger charge is 2.33. The molecule has 0 aliphatic heterocycles. The van der Waals surface area contributed by atoms with Crippen LogP contribution in [0.25, 0.3) is 0 Å². The Balaban J connectivity index is 2.91. The van der Waals surface area contributed by atoms with Crippen LogP contribution in [0.2, 0.25) is 0 Å². The number of halogens is 3. The van der Waals surface area contributed by atoms with E-state index in [1.807, 2.05) is 0 Å². The summed E-state index contributed by atoms with van der Waals surface area (Å²) in [5.74, 6) is 0.638. The standard InChI is InChI=1S/C12H16F3NOS/c1-16-8-9-3-4-10(18-6-5-17-2)7-11(9)12(13,14)15/h3-4,7,16H,5-6,8H2,1-2H3. The summed E-state index contributed by atoms with van der Waals surface area (Å²) < 4.78 is 43.5. The molecule has 0 saturated heterocycles. The van der Waals surface area contributed by atoms with E-state index in [-0.39, 0.29) is 12.1 Å². The smallest absolute Gasteiger partial charge is 0.384 e. The molecule has 0 unspecified atom stereocenters. The Morgan fingerprint density at radius 2 is 2.06 bits per heavy atom. The van der Waals surface area contributed by atoms with Crippen LogP contribution in [0.4, 0.5) is 13.2 Å². The van der Waals surface area contributed by atoms with E-state index in [4.69, 9.17) is 4.74 Å². The van der Waals surface area contributed by atoms with Gasteiger partial charge in [-0.15, -0.1) is 11.8 Å². The molecule has 6 heteroatoms. The van der Waals surface area contributed by atoms with Gasteiger partial charge in [0.05, 0.1) is 12.2 Å². The number of benzene rings is 1. The van der Waals surface area contributed by atoms with Gasteiger partial charge in [-0.25, -0.2) is 0 Å². The molecule has 0 amide bonds. The molecule has 0 bridgehead atoms. The molecule has 0 atom stereocenters. The molecule has 1 aromatic rings. The topological polar surface area (TPSA) is 21.3 Å². The lowest BCUT2D eigenvalue weighted by molar-refractivity contribution is -0.138. The van der Waals surface area contributed by atoms with Gasteiger partial charge in [-0.3, -0.25) is 0 Å². The van der Waals surface area contributed by atoms with Crippen LogP contribution in [0, 0.1) is 0 Å². The summed E-state index contributed by atoms with van der Waals surface area (Å²) >= 11 is 1.36. The second-order valence-corrected chi connectivity index (χ2v) is 4.86. The first-order chi connectivity index (χ1) is 8.49. The van der Waals surface area contributed by atoms with Gasteiger partial charge in [-0.2, -0.15) is 13.2 Å². The monoisotopic (exact) mass is 279 g/mol. The van der Waals surface area contributed by atoms with Crippen molar-refractivity contribution in [1.29, 1.82) is 0 Å². The number of rotatable bonds is 6. The number of nitrogens with one attached hydrogen (secondary N) is 1. The predicted octanol–water partition coefficient (Wildman–Crippen LogP) is 3.16. The lowest BCUT2D eigenvalue weighted by Crippen LogP contribution is -2.14. The van der Waals surface area contributed by atoms with Crippen molar-refractivity contribution in [3.8, 4) is 0 Å². The number of hydrogen-bond donors (Lipinski definition) is 1. The second-order valence-electron chi connectivity index (χ2n) is 3.69. The maximum atomic E-state index is 12.9. The minimum absolute atomic E-state index is 0.206. The fourth-order valence-corrected chi connectivity index (χ4v) is 2.35. The highest BCUT2D eigenvalue weighted by molar-refractivity contribution is 7.99. The number of alkyl halides is 3. The third-order valence-corrected chi connectivity index (χ3v) is 3.27. The third-order valence-electron chi connectivity index (χ3n) is 2.31.